The number of fused-ring (bicyclic) bond motifs is 1. The summed E-state index contributed by atoms with van der Waals surface area (Å²) in [6.07, 6.45) is 2.63. The lowest BCUT2D eigenvalue weighted by Gasteiger charge is -2.12. The van der Waals surface area contributed by atoms with E-state index >= 15 is 0 Å². The Balaban J connectivity index is 2.27. The highest BCUT2D eigenvalue weighted by Gasteiger charge is 2.19. The zero-order chi connectivity index (χ0) is 21.8. The van der Waals surface area contributed by atoms with Crippen LogP contribution in [0.4, 0.5) is 0 Å². The van der Waals surface area contributed by atoms with Gasteiger partial charge in [0.05, 0.1) is 11.6 Å². The van der Waals surface area contributed by atoms with Crippen molar-refractivity contribution in [3.63, 3.8) is 0 Å². The SMILES string of the molecule is CCOC(=O)C(C#N)=Cc1c(Oc2ccc(Cl)cc2Cl)nc2c(C)cccn2c1=O. The molecule has 0 aliphatic rings. The molecule has 30 heavy (non-hydrogen) atoms. The quantitative estimate of drug-likeness (QED) is 0.325. The molecule has 3 aromatic rings. The fourth-order valence-corrected chi connectivity index (χ4v) is 3.09. The van der Waals surface area contributed by atoms with Gasteiger partial charge in [0.2, 0.25) is 5.88 Å². The predicted octanol–water partition coefficient (Wildman–Crippen LogP) is 4.57. The Morgan fingerprint density at radius 3 is 2.77 bits per heavy atom. The maximum atomic E-state index is 13.1. The van der Waals surface area contributed by atoms with Crippen molar-refractivity contribution in [1.82, 2.24) is 9.38 Å². The van der Waals surface area contributed by atoms with Gasteiger partial charge in [0.1, 0.15) is 28.6 Å². The van der Waals surface area contributed by atoms with Crippen molar-refractivity contribution in [2.75, 3.05) is 6.61 Å². The van der Waals surface area contributed by atoms with Gasteiger partial charge in [-0.25, -0.2) is 4.79 Å². The zero-order valence-electron chi connectivity index (χ0n) is 16.0. The number of benzene rings is 1. The van der Waals surface area contributed by atoms with Gasteiger partial charge < -0.3 is 9.47 Å². The Kier molecular flexibility index (Phi) is 6.40. The largest absolute Gasteiger partial charge is 0.462 e. The van der Waals surface area contributed by atoms with Crippen molar-refractivity contribution in [1.29, 1.82) is 5.26 Å². The molecule has 0 unspecified atom stereocenters. The van der Waals surface area contributed by atoms with Crippen LogP contribution in [0.15, 0.2) is 46.9 Å². The number of esters is 1. The minimum atomic E-state index is -0.857. The number of ether oxygens (including phenoxy) is 2. The van der Waals surface area contributed by atoms with E-state index < -0.39 is 11.5 Å². The predicted molar refractivity (Wildman–Crippen MR) is 113 cm³/mol. The lowest BCUT2D eigenvalue weighted by Crippen LogP contribution is -2.20. The average molecular weight is 444 g/mol. The molecule has 0 fully saturated rings. The summed E-state index contributed by atoms with van der Waals surface area (Å²) in [6.45, 7) is 3.48. The molecule has 0 saturated carbocycles. The van der Waals surface area contributed by atoms with Crippen LogP contribution < -0.4 is 10.3 Å². The van der Waals surface area contributed by atoms with Gasteiger partial charge >= 0.3 is 5.97 Å². The van der Waals surface area contributed by atoms with E-state index in [0.717, 1.165) is 11.6 Å². The normalized spacial score (nSPS) is 11.2. The maximum absolute atomic E-state index is 13.1. The molecule has 2 aromatic heterocycles. The molecule has 0 saturated heterocycles. The molecule has 152 valence electrons. The third-order valence-electron chi connectivity index (χ3n) is 4.05. The molecule has 3 rings (SSSR count). The standard InChI is InChI=1S/C21H15Cl2N3O4/c1-3-29-21(28)13(11-24)9-15-19(30-17-7-6-14(22)10-16(17)23)25-18-12(2)5-4-8-26(18)20(15)27/h4-10H,3H2,1-2H3. The molecule has 0 spiro atoms. The summed E-state index contributed by atoms with van der Waals surface area (Å²) < 4.78 is 12.0. The monoisotopic (exact) mass is 443 g/mol. The number of aryl methyl sites for hydroxylation is 1. The fraction of sp³-hybridized carbons (Fsp3) is 0.143. The van der Waals surface area contributed by atoms with Crippen LogP contribution in [0.1, 0.15) is 18.1 Å². The van der Waals surface area contributed by atoms with Crippen molar-refractivity contribution in [3.8, 4) is 17.7 Å². The third kappa shape index (κ3) is 4.30. The second-order valence-electron chi connectivity index (χ2n) is 6.09. The number of aromatic nitrogens is 2. The molecule has 1 aromatic carbocycles. The van der Waals surface area contributed by atoms with E-state index in [9.17, 15) is 14.9 Å². The summed E-state index contributed by atoms with van der Waals surface area (Å²) >= 11 is 12.1. The fourth-order valence-electron chi connectivity index (χ4n) is 2.65. The van der Waals surface area contributed by atoms with E-state index in [2.05, 4.69) is 4.98 Å². The molecule has 0 N–H and O–H groups in total. The van der Waals surface area contributed by atoms with Crippen LogP contribution in [0, 0.1) is 18.3 Å². The summed E-state index contributed by atoms with van der Waals surface area (Å²) in [5.74, 6) is -0.769. The van der Waals surface area contributed by atoms with Gasteiger partial charge in [0.25, 0.3) is 5.56 Å². The topological polar surface area (TPSA) is 93.7 Å². The number of carbonyl (C=O) groups is 1. The van der Waals surface area contributed by atoms with Gasteiger partial charge in [0.15, 0.2) is 0 Å². The van der Waals surface area contributed by atoms with Gasteiger partial charge in [-0.1, -0.05) is 29.3 Å². The summed E-state index contributed by atoms with van der Waals surface area (Å²) in [7, 11) is 0. The van der Waals surface area contributed by atoms with E-state index in [0.29, 0.717) is 10.7 Å². The molecule has 0 bridgehead atoms. The molecule has 0 atom stereocenters. The van der Waals surface area contributed by atoms with Crippen LogP contribution >= 0.6 is 23.2 Å². The average Bonchev–Trinajstić information content (AvgIpc) is 2.71. The summed E-state index contributed by atoms with van der Waals surface area (Å²) in [5.41, 5.74) is 0.0856. The molecule has 0 amide bonds. The number of rotatable bonds is 5. The van der Waals surface area contributed by atoms with E-state index in [4.69, 9.17) is 32.7 Å². The lowest BCUT2D eigenvalue weighted by molar-refractivity contribution is -0.137. The zero-order valence-corrected chi connectivity index (χ0v) is 17.5. The molecular weight excluding hydrogens is 429 g/mol. The van der Waals surface area contributed by atoms with Crippen molar-refractivity contribution in [3.05, 3.63) is 73.6 Å². The number of hydrogen-bond acceptors (Lipinski definition) is 6. The first-order chi connectivity index (χ1) is 14.3. The molecule has 0 radical (unpaired) electrons. The lowest BCUT2D eigenvalue weighted by atomic mass is 10.2. The van der Waals surface area contributed by atoms with Crippen LogP contribution in [0.25, 0.3) is 11.7 Å². The number of hydrogen-bond donors (Lipinski definition) is 0. The highest BCUT2D eigenvalue weighted by atomic mass is 35.5. The Morgan fingerprint density at radius 2 is 2.10 bits per heavy atom. The van der Waals surface area contributed by atoms with Crippen molar-refractivity contribution >= 4 is 40.9 Å². The smallest absolute Gasteiger partial charge is 0.348 e. The molecule has 0 aliphatic heterocycles. The van der Waals surface area contributed by atoms with E-state index in [1.54, 1.807) is 38.1 Å². The number of nitriles is 1. The van der Waals surface area contributed by atoms with Crippen LogP contribution in [-0.4, -0.2) is 22.0 Å². The van der Waals surface area contributed by atoms with Gasteiger partial charge in [-0.3, -0.25) is 9.20 Å². The summed E-state index contributed by atoms with van der Waals surface area (Å²) in [4.78, 5) is 29.6. The molecular formula is C21H15Cl2N3O4. The minimum absolute atomic E-state index is 0.0791. The number of halogens is 2. The molecule has 2 heterocycles. The third-order valence-corrected chi connectivity index (χ3v) is 4.58. The second kappa shape index (κ2) is 8.99. The Bertz CT molecular complexity index is 1280. The minimum Gasteiger partial charge on any atom is -0.462 e. The molecule has 9 heteroatoms. The van der Waals surface area contributed by atoms with E-state index in [1.165, 1.54) is 22.7 Å². The molecule has 0 aliphatic carbocycles. The maximum Gasteiger partial charge on any atom is 0.348 e. The van der Waals surface area contributed by atoms with Crippen LogP contribution in [0.5, 0.6) is 11.6 Å². The Labute approximate surface area is 181 Å². The highest BCUT2D eigenvalue weighted by Crippen LogP contribution is 2.32. The van der Waals surface area contributed by atoms with Crippen molar-refractivity contribution in [2.45, 2.75) is 13.8 Å². The summed E-state index contributed by atoms with van der Waals surface area (Å²) in [6, 6.07) is 9.79. The van der Waals surface area contributed by atoms with Gasteiger partial charge in [-0.05, 0) is 49.8 Å². The second-order valence-corrected chi connectivity index (χ2v) is 6.93. The number of pyridine rings is 1. The Morgan fingerprint density at radius 1 is 1.33 bits per heavy atom. The highest BCUT2D eigenvalue weighted by molar-refractivity contribution is 6.35. The van der Waals surface area contributed by atoms with Crippen LogP contribution in [0.2, 0.25) is 10.0 Å². The first kappa shape index (κ1) is 21.4. The van der Waals surface area contributed by atoms with E-state index in [1.807, 2.05) is 0 Å². The number of carbonyl (C=O) groups excluding carboxylic acids is 1. The first-order valence-corrected chi connectivity index (χ1v) is 9.55. The van der Waals surface area contributed by atoms with Crippen molar-refractivity contribution < 1.29 is 14.3 Å². The van der Waals surface area contributed by atoms with Crippen LogP contribution in [-0.2, 0) is 9.53 Å². The Hall–Kier alpha value is -3.34. The number of nitrogens with zero attached hydrogens (tertiary/aromatic N) is 3. The van der Waals surface area contributed by atoms with Gasteiger partial charge in [0, 0.05) is 11.2 Å². The van der Waals surface area contributed by atoms with E-state index in [-0.39, 0.29) is 34.4 Å². The van der Waals surface area contributed by atoms with Gasteiger partial charge in [-0.15, -0.1) is 0 Å². The van der Waals surface area contributed by atoms with Crippen LogP contribution in [0.3, 0.4) is 0 Å². The first-order valence-electron chi connectivity index (χ1n) is 8.79. The van der Waals surface area contributed by atoms with Crippen molar-refractivity contribution in [2.24, 2.45) is 0 Å². The van der Waals surface area contributed by atoms with Gasteiger partial charge in [-0.2, -0.15) is 10.2 Å². The summed E-state index contributed by atoms with van der Waals surface area (Å²) in [5, 5.41) is 9.97. The molecule has 7 nitrogen and oxygen atoms in total.